The highest BCUT2D eigenvalue weighted by Gasteiger charge is 2.16. The zero-order chi connectivity index (χ0) is 19.8. The van der Waals surface area contributed by atoms with E-state index in [4.69, 9.17) is 14.2 Å². The highest BCUT2D eigenvalue weighted by atomic mass is 16.5. The molecule has 0 spiro atoms. The minimum atomic E-state index is -0.770. The van der Waals surface area contributed by atoms with E-state index in [0.717, 1.165) is 11.1 Å². The monoisotopic (exact) mass is 372 g/mol. The Hall–Kier alpha value is -3.22. The molecule has 0 saturated heterocycles. The molecule has 0 aliphatic heterocycles. The molecular formula is C20H24N2O5. The van der Waals surface area contributed by atoms with E-state index in [-0.39, 0.29) is 6.61 Å². The van der Waals surface area contributed by atoms with Crippen molar-refractivity contribution in [1.82, 2.24) is 10.9 Å². The van der Waals surface area contributed by atoms with Gasteiger partial charge in [-0.25, -0.2) is 0 Å². The summed E-state index contributed by atoms with van der Waals surface area (Å²) in [6.07, 6.45) is -0.770. The summed E-state index contributed by atoms with van der Waals surface area (Å²) in [6.45, 7) is 5.22. The lowest BCUT2D eigenvalue weighted by atomic mass is 10.1. The number of hydrogen-bond donors (Lipinski definition) is 2. The van der Waals surface area contributed by atoms with Gasteiger partial charge in [-0.05, 0) is 62.2 Å². The van der Waals surface area contributed by atoms with Crippen LogP contribution in [0, 0.1) is 13.8 Å². The first-order valence-corrected chi connectivity index (χ1v) is 8.48. The van der Waals surface area contributed by atoms with Gasteiger partial charge in [0.15, 0.2) is 12.7 Å². The third-order valence-electron chi connectivity index (χ3n) is 3.77. The van der Waals surface area contributed by atoms with E-state index in [1.54, 1.807) is 38.3 Å². The van der Waals surface area contributed by atoms with Crippen molar-refractivity contribution in [3.8, 4) is 17.2 Å². The van der Waals surface area contributed by atoms with Crippen LogP contribution in [0.4, 0.5) is 0 Å². The van der Waals surface area contributed by atoms with Gasteiger partial charge in [0.05, 0.1) is 7.11 Å². The molecule has 2 amide bonds. The van der Waals surface area contributed by atoms with E-state index in [1.807, 2.05) is 32.0 Å². The Balaban J connectivity index is 1.76. The molecule has 7 heteroatoms. The van der Waals surface area contributed by atoms with E-state index in [0.29, 0.717) is 17.2 Å². The van der Waals surface area contributed by atoms with Crippen molar-refractivity contribution in [2.24, 2.45) is 0 Å². The Labute approximate surface area is 158 Å². The number of ether oxygens (including phenoxy) is 3. The number of carbonyl (C=O) groups excluding carboxylic acids is 2. The molecule has 0 fully saturated rings. The number of hydrogen-bond acceptors (Lipinski definition) is 5. The maximum Gasteiger partial charge on any atom is 0.279 e. The van der Waals surface area contributed by atoms with Gasteiger partial charge >= 0.3 is 0 Å². The molecule has 2 rings (SSSR count). The fourth-order valence-electron chi connectivity index (χ4n) is 2.17. The van der Waals surface area contributed by atoms with Gasteiger partial charge in [0, 0.05) is 0 Å². The molecule has 1 atom stereocenters. The average molecular weight is 372 g/mol. The van der Waals surface area contributed by atoms with Gasteiger partial charge in [-0.2, -0.15) is 0 Å². The molecule has 0 aromatic heterocycles. The van der Waals surface area contributed by atoms with Gasteiger partial charge in [0.25, 0.3) is 11.8 Å². The predicted octanol–water partition coefficient (Wildman–Crippen LogP) is 2.31. The highest BCUT2D eigenvalue weighted by Crippen LogP contribution is 2.20. The van der Waals surface area contributed by atoms with E-state index in [1.165, 1.54) is 0 Å². The number of amides is 2. The molecule has 1 unspecified atom stereocenters. The number of benzene rings is 2. The summed E-state index contributed by atoms with van der Waals surface area (Å²) in [5.41, 5.74) is 6.59. The highest BCUT2D eigenvalue weighted by molar-refractivity contribution is 5.85. The Morgan fingerprint density at radius 1 is 1.00 bits per heavy atom. The first-order valence-electron chi connectivity index (χ1n) is 8.48. The maximum absolute atomic E-state index is 12.1. The van der Waals surface area contributed by atoms with Gasteiger partial charge < -0.3 is 14.2 Å². The Bertz CT molecular complexity index is 789. The minimum absolute atomic E-state index is 0.237. The van der Waals surface area contributed by atoms with Crippen LogP contribution in [0.5, 0.6) is 17.2 Å². The first-order chi connectivity index (χ1) is 12.9. The van der Waals surface area contributed by atoms with E-state index < -0.39 is 17.9 Å². The molecule has 0 heterocycles. The van der Waals surface area contributed by atoms with Gasteiger partial charge in [-0.15, -0.1) is 0 Å². The summed E-state index contributed by atoms with van der Waals surface area (Å²) in [6, 6.07) is 12.6. The van der Waals surface area contributed by atoms with Crippen molar-refractivity contribution in [3.63, 3.8) is 0 Å². The number of nitrogens with one attached hydrogen (secondary N) is 2. The lowest BCUT2D eigenvalue weighted by Crippen LogP contribution is -2.48. The number of hydrazine groups is 1. The molecule has 7 nitrogen and oxygen atoms in total. The molecule has 27 heavy (non-hydrogen) atoms. The summed E-state index contributed by atoms with van der Waals surface area (Å²) < 4.78 is 16.0. The summed E-state index contributed by atoms with van der Waals surface area (Å²) in [5, 5.41) is 0. The van der Waals surface area contributed by atoms with Crippen LogP contribution >= 0.6 is 0 Å². The van der Waals surface area contributed by atoms with Crippen LogP contribution in [0.3, 0.4) is 0 Å². The second-order valence-electron chi connectivity index (χ2n) is 6.03. The maximum atomic E-state index is 12.1. The SMILES string of the molecule is COc1ccc(OCC(=O)NNC(=O)C(C)Oc2cc(C)ccc2C)cc1. The van der Waals surface area contributed by atoms with Crippen molar-refractivity contribution in [3.05, 3.63) is 53.6 Å². The normalized spacial score (nSPS) is 11.3. The molecule has 2 N–H and O–H groups in total. The number of carbonyl (C=O) groups is 2. The molecular weight excluding hydrogens is 348 g/mol. The van der Waals surface area contributed by atoms with Crippen molar-refractivity contribution in [2.45, 2.75) is 26.9 Å². The van der Waals surface area contributed by atoms with Crippen molar-refractivity contribution >= 4 is 11.8 Å². The van der Waals surface area contributed by atoms with Gasteiger partial charge in [0.2, 0.25) is 0 Å². The Kier molecular flexibility index (Phi) is 7.05. The summed E-state index contributed by atoms with van der Waals surface area (Å²) >= 11 is 0. The van der Waals surface area contributed by atoms with Crippen molar-refractivity contribution < 1.29 is 23.8 Å². The first kappa shape index (κ1) is 20.1. The third-order valence-corrected chi connectivity index (χ3v) is 3.77. The van der Waals surface area contributed by atoms with E-state index >= 15 is 0 Å². The van der Waals surface area contributed by atoms with Crippen molar-refractivity contribution in [2.75, 3.05) is 13.7 Å². The number of methoxy groups -OCH3 is 1. The Morgan fingerprint density at radius 3 is 2.33 bits per heavy atom. The largest absolute Gasteiger partial charge is 0.497 e. The molecule has 0 saturated carbocycles. The molecule has 0 aliphatic carbocycles. The van der Waals surface area contributed by atoms with Crippen LogP contribution in [-0.2, 0) is 9.59 Å². The fraction of sp³-hybridized carbons (Fsp3) is 0.300. The lowest BCUT2D eigenvalue weighted by Gasteiger charge is -2.17. The molecule has 0 radical (unpaired) electrons. The average Bonchev–Trinajstić information content (AvgIpc) is 2.67. The summed E-state index contributed by atoms with van der Waals surface area (Å²) in [5.74, 6) is 0.888. The fourth-order valence-corrected chi connectivity index (χ4v) is 2.17. The smallest absolute Gasteiger partial charge is 0.279 e. The lowest BCUT2D eigenvalue weighted by molar-refractivity contribution is -0.133. The van der Waals surface area contributed by atoms with E-state index in [2.05, 4.69) is 10.9 Å². The zero-order valence-corrected chi connectivity index (χ0v) is 15.9. The minimum Gasteiger partial charge on any atom is -0.497 e. The van der Waals surface area contributed by atoms with Crippen LogP contribution < -0.4 is 25.1 Å². The van der Waals surface area contributed by atoms with Crippen LogP contribution in [0.2, 0.25) is 0 Å². The topological polar surface area (TPSA) is 85.9 Å². The number of rotatable bonds is 7. The van der Waals surface area contributed by atoms with Crippen molar-refractivity contribution in [1.29, 1.82) is 0 Å². The third kappa shape index (κ3) is 6.22. The zero-order valence-electron chi connectivity index (χ0n) is 15.9. The molecule has 144 valence electrons. The van der Waals surface area contributed by atoms with Gasteiger partial charge in [0.1, 0.15) is 17.2 Å². The molecule has 2 aromatic carbocycles. The van der Waals surface area contributed by atoms with Crippen LogP contribution in [0.25, 0.3) is 0 Å². The molecule has 2 aromatic rings. The second-order valence-corrected chi connectivity index (χ2v) is 6.03. The number of aryl methyl sites for hydroxylation is 2. The quantitative estimate of drug-likeness (QED) is 0.729. The van der Waals surface area contributed by atoms with Crippen LogP contribution in [0.15, 0.2) is 42.5 Å². The molecule has 0 bridgehead atoms. The van der Waals surface area contributed by atoms with E-state index in [9.17, 15) is 9.59 Å². The van der Waals surface area contributed by atoms with Gasteiger partial charge in [-0.1, -0.05) is 12.1 Å². The standard InChI is InChI=1S/C20H24N2O5/c1-13-5-6-14(2)18(11-13)27-15(3)20(24)22-21-19(23)12-26-17-9-7-16(25-4)8-10-17/h5-11,15H,12H2,1-4H3,(H,21,23)(H,22,24). The van der Waals surface area contributed by atoms with Crippen LogP contribution in [-0.4, -0.2) is 31.6 Å². The summed E-state index contributed by atoms with van der Waals surface area (Å²) in [4.78, 5) is 23.9. The second kappa shape index (κ2) is 9.47. The Morgan fingerprint density at radius 2 is 1.67 bits per heavy atom. The van der Waals surface area contributed by atoms with Crippen LogP contribution in [0.1, 0.15) is 18.1 Å². The molecule has 0 aliphatic rings. The summed E-state index contributed by atoms with van der Waals surface area (Å²) in [7, 11) is 1.57. The predicted molar refractivity (Wildman–Crippen MR) is 101 cm³/mol. The van der Waals surface area contributed by atoms with Gasteiger partial charge in [-0.3, -0.25) is 20.4 Å².